The molecule has 0 amide bonds. The lowest BCUT2D eigenvalue weighted by Gasteiger charge is -2.17. The third-order valence-electron chi connectivity index (χ3n) is 1.86. The maximum absolute atomic E-state index is 13.2. The third-order valence-corrected chi connectivity index (χ3v) is 2.14. The molecule has 0 aliphatic heterocycles. The molecule has 1 heterocycles. The molecule has 1 aromatic rings. The molecule has 0 atom stereocenters. The summed E-state index contributed by atoms with van der Waals surface area (Å²) in [6, 6.07) is 1.50. The fourth-order valence-corrected chi connectivity index (χ4v) is 1.73. The zero-order valence-electron chi connectivity index (χ0n) is 7.81. The predicted octanol–water partition coefficient (Wildman–Crippen LogP) is 2.44. The van der Waals surface area contributed by atoms with Gasteiger partial charge >= 0.3 is 0 Å². The summed E-state index contributed by atoms with van der Waals surface area (Å²) in [4.78, 5) is 3.72. The highest BCUT2D eigenvalue weighted by molar-refractivity contribution is 6.30. The van der Waals surface area contributed by atoms with Crippen molar-refractivity contribution in [3.8, 4) is 0 Å². The van der Waals surface area contributed by atoms with Crippen LogP contribution in [0.25, 0.3) is 0 Å². The van der Waals surface area contributed by atoms with Gasteiger partial charge in [0.25, 0.3) is 5.92 Å². The number of pyridine rings is 1. The van der Waals surface area contributed by atoms with Crippen LogP contribution in [0.5, 0.6) is 0 Å². The molecule has 1 aromatic heterocycles. The van der Waals surface area contributed by atoms with Gasteiger partial charge in [-0.3, -0.25) is 0 Å². The van der Waals surface area contributed by atoms with Gasteiger partial charge in [-0.05, 0) is 25.5 Å². The minimum atomic E-state index is -3.33. The first-order valence-electron chi connectivity index (χ1n) is 4.01. The van der Waals surface area contributed by atoms with Crippen molar-refractivity contribution >= 4 is 11.6 Å². The number of hydrogen-bond acceptors (Lipinski definition) is 2. The number of rotatable bonds is 2. The van der Waals surface area contributed by atoms with E-state index < -0.39 is 18.1 Å². The summed E-state index contributed by atoms with van der Waals surface area (Å²) in [5, 5.41) is 8.28. The summed E-state index contributed by atoms with van der Waals surface area (Å²) in [7, 11) is 0. The van der Waals surface area contributed by atoms with E-state index in [4.69, 9.17) is 16.7 Å². The molecule has 0 aliphatic carbocycles. The molecule has 14 heavy (non-hydrogen) atoms. The standard InChI is InChI=1S/C9H10ClF2NO/c1-5-3-6(2)13-8(10)7(5)9(11,12)4-14/h3,14H,4H2,1-2H3. The van der Waals surface area contributed by atoms with Crippen molar-refractivity contribution < 1.29 is 13.9 Å². The number of aliphatic hydroxyl groups excluding tert-OH is 1. The van der Waals surface area contributed by atoms with Crippen molar-refractivity contribution in [1.82, 2.24) is 4.98 Å². The topological polar surface area (TPSA) is 33.1 Å². The van der Waals surface area contributed by atoms with E-state index in [-0.39, 0.29) is 5.15 Å². The van der Waals surface area contributed by atoms with E-state index >= 15 is 0 Å². The van der Waals surface area contributed by atoms with E-state index in [0.29, 0.717) is 11.3 Å². The fraction of sp³-hybridized carbons (Fsp3) is 0.444. The lowest BCUT2D eigenvalue weighted by molar-refractivity contribution is -0.0562. The molecule has 0 aromatic carbocycles. The number of halogens is 3. The van der Waals surface area contributed by atoms with E-state index in [0.717, 1.165) is 0 Å². The Balaban J connectivity index is 3.35. The zero-order valence-corrected chi connectivity index (χ0v) is 8.57. The van der Waals surface area contributed by atoms with Crippen LogP contribution in [0.1, 0.15) is 16.8 Å². The molecular formula is C9H10ClF2NO. The number of nitrogens with zero attached hydrogens (tertiary/aromatic N) is 1. The first-order chi connectivity index (χ1) is 6.38. The molecule has 0 unspecified atom stereocenters. The van der Waals surface area contributed by atoms with Gasteiger partial charge in [0.05, 0.1) is 5.56 Å². The van der Waals surface area contributed by atoms with E-state index in [1.54, 1.807) is 6.92 Å². The van der Waals surface area contributed by atoms with Crippen LogP contribution in [0.4, 0.5) is 8.78 Å². The van der Waals surface area contributed by atoms with E-state index in [9.17, 15) is 8.78 Å². The maximum atomic E-state index is 13.2. The molecule has 0 bridgehead atoms. The van der Waals surface area contributed by atoms with Gasteiger partial charge in [-0.25, -0.2) is 4.98 Å². The number of aliphatic hydroxyl groups is 1. The smallest absolute Gasteiger partial charge is 0.299 e. The summed E-state index contributed by atoms with van der Waals surface area (Å²) >= 11 is 5.60. The minimum absolute atomic E-state index is 0.249. The van der Waals surface area contributed by atoms with Crippen LogP contribution in [-0.4, -0.2) is 16.7 Å². The number of hydrogen-bond donors (Lipinski definition) is 1. The first-order valence-corrected chi connectivity index (χ1v) is 4.39. The van der Waals surface area contributed by atoms with Crippen LogP contribution in [0.2, 0.25) is 5.15 Å². The summed E-state index contributed by atoms with van der Waals surface area (Å²) in [6.07, 6.45) is 0. The molecule has 1 rings (SSSR count). The van der Waals surface area contributed by atoms with Crippen LogP contribution >= 0.6 is 11.6 Å². The lowest BCUT2D eigenvalue weighted by atomic mass is 10.1. The highest BCUT2D eigenvalue weighted by atomic mass is 35.5. The van der Waals surface area contributed by atoms with Gasteiger partial charge in [0.2, 0.25) is 0 Å². The van der Waals surface area contributed by atoms with Crippen LogP contribution in [-0.2, 0) is 5.92 Å². The van der Waals surface area contributed by atoms with Crippen molar-refractivity contribution in [1.29, 1.82) is 0 Å². The largest absolute Gasteiger partial charge is 0.390 e. The van der Waals surface area contributed by atoms with Crippen molar-refractivity contribution in [3.63, 3.8) is 0 Å². The van der Waals surface area contributed by atoms with Gasteiger partial charge in [-0.1, -0.05) is 11.6 Å². The van der Waals surface area contributed by atoms with Crippen LogP contribution in [0, 0.1) is 13.8 Å². The Hall–Kier alpha value is -0.740. The molecule has 0 radical (unpaired) electrons. The maximum Gasteiger partial charge on any atom is 0.299 e. The summed E-state index contributed by atoms with van der Waals surface area (Å²) in [5.41, 5.74) is 0.513. The van der Waals surface area contributed by atoms with E-state index in [1.807, 2.05) is 0 Å². The van der Waals surface area contributed by atoms with Gasteiger partial charge in [-0.2, -0.15) is 8.78 Å². The molecule has 5 heteroatoms. The van der Waals surface area contributed by atoms with Gasteiger partial charge < -0.3 is 5.11 Å². The Morgan fingerprint density at radius 3 is 2.50 bits per heavy atom. The molecule has 0 fully saturated rings. The van der Waals surface area contributed by atoms with Crippen molar-refractivity contribution in [2.45, 2.75) is 19.8 Å². The van der Waals surface area contributed by atoms with Gasteiger partial charge in [-0.15, -0.1) is 0 Å². The highest BCUT2D eigenvalue weighted by Gasteiger charge is 2.35. The Bertz CT molecular complexity index is 332. The van der Waals surface area contributed by atoms with Crippen LogP contribution < -0.4 is 0 Å². The van der Waals surface area contributed by atoms with Crippen molar-refractivity contribution in [2.75, 3.05) is 6.61 Å². The molecule has 2 nitrogen and oxygen atoms in total. The Kier molecular flexibility index (Phi) is 3.07. The average Bonchev–Trinajstić information content (AvgIpc) is 2.01. The Labute approximate surface area is 85.5 Å². The lowest BCUT2D eigenvalue weighted by Crippen LogP contribution is -2.21. The molecule has 0 saturated heterocycles. The molecule has 0 saturated carbocycles. The molecule has 1 N–H and O–H groups in total. The zero-order chi connectivity index (χ0) is 10.9. The average molecular weight is 222 g/mol. The fourth-order valence-electron chi connectivity index (χ4n) is 1.31. The normalized spacial score (nSPS) is 11.9. The second-order valence-electron chi connectivity index (χ2n) is 3.11. The highest BCUT2D eigenvalue weighted by Crippen LogP contribution is 2.34. The number of alkyl halides is 2. The van der Waals surface area contributed by atoms with Gasteiger partial charge in [0.1, 0.15) is 11.8 Å². The minimum Gasteiger partial charge on any atom is -0.390 e. The number of aromatic nitrogens is 1. The van der Waals surface area contributed by atoms with Gasteiger partial charge in [0, 0.05) is 5.69 Å². The predicted molar refractivity (Wildman–Crippen MR) is 49.7 cm³/mol. The van der Waals surface area contributed by atoms with E-state index in [1.165, 1.54) is 13.0 Å². The molecule has 0 spiro atoms. The summed E-state index contributed by atoms with van der Waals surface area (Å²) < 4.78 is 26.3. The van der Waals surface area contributed by atoms with Gasteiger partial charge in [0.15, 0.2) is 0 Å². The SMILES string of the molecule is Cc1cc(C)c(C(F)(F)CO)c(Cl)n1. The second-order valence-corrected chi connectivity index (χ2v) is 3.47. The van der Waals surface area contributed by atoms with Crippen LogP contribution in [0.3, 0.4) is 0 Å². The monoisotopic (exact) mass is 221 g/mol. The molecule has 0 aliphatic rings. The second kappa shape index (κ2) is 3.79. The Morgan fingerprint density at radius 1 is 1.50 bits per heavy atom. The first kappa shape index (κ1) is 11.3. The van der Waals surface area contributed by atoms with Crippen molar-refractivity contribution in [3.05, 3.63) is 28.0 Å². The summed E-state index contributed by atoms with van der Waals surface area (Å²) in [6.45, 7) is 1.91. The number of aryl methyl sites for hydroxylation is 2. The molecule has 78 valence electrons. The van der Waals surface area contributed by atoms with Crippen LogP contribution in [0.15, 0.2) is 6.07 Å². The van der Waals surface area contributed by atoms with Crippen molar-refractivity contribution in [2.24, 2.45) is 0 Å². The Morgan fingerprint density at radius 2 is 2.07 bits per heavy atom. The van der Waals surface area contributed by atoms with E-state index in [2.05, 4.69) is 4.98 Å². The third kappa shape index (κ3) is 2.01. The summed E-state index contributed by atoms with van der Waals surface area (Å²) in [5.74, 6) is -3.33. The quantitative estimate of drug-likeness (QED) is 0.779. The molecular weight excluding hydrogens is 212 g/mol.